The first-order valence-electron chi connectivity index (χ1n) is 24.5. The molecule has 4 rings (SSSR count). The molecule has 2 nitrogen and oxygen atoms in total. The molecule has 0 radical (unpaired) electrons. The van der Waals surface area contributed by atoms with E-state index in [1.54, 1.807) is 0 Å². The molecule has 58 heavy (non-hydrogen) atoms. The minimum Gasteiger partial charge on any atom is -0.399 e. The smallest absolute Gasteiger partial charge is 0.0314 e. The predicted octanol–water partition coefficient (Wildman–Crippen LogP) is 17.1. The molecule has 0 spiro atoms. The van der Waals surface area contributed by atoms with Crippen LogP contribution in [0.25, 0.3) is 0 Å². The van der Waals surface area contributed by atoms with Crippen molar-refractivity contribution in [2.24, 2.45) is 0 Å². The van der Waals surface area contributed by atoms with Crippen LogP contribution in [0, 0.1) is 0 Å². The number of hydrogen-bond acceptors (Lipinski definition) is 2. The Bertz CT molecular complexity index is 1430. The van der Waals surface area contributed by atoms with Crippen LogP contribution in [0.2, 0.25) is 0 Å². The summed E-state index contributed by atoms with van der Waals surface area (Å²) in [6.07, 6.45) is 37.6. The number of hydrogen-bond donors (Lipinski definition) is 2. The van der Waals surface area contributed by atoms with Crippen molar-refractivity contribution < 1.29 is 0 Å². The van der Waals surface area contributed by atoms with Crippen molar-refractivity contribution in [2.45, 2.75) is 205 Å². The topological polar surface area (TPSA) is 52.0 Å². The van der Waals surface area contributed by atoms with Crippen LogP contribution in [0.5, 0.6) is 0 Å². The Hall–Kier alpha value is -3.52. The lowest BCUT2D eigenvalue weighted by Gasteiger charge is -2.19. The third kappa shape index (κ3) is 19.0. The molecule has 2 atom stereocenters. The minimum absolute atomic E-state index is 0.468. The Morgan fingerprint density at radius 1 is 0.293 bits per heavy atom. The summed E-state index contributed by atoms with van der Waals surface area (Å²) in [5.41, 5.74) is 22.5. The van der Waals surface area contributed by atoms with Crippen molar-refractivity contribution >= 4 is 11.4 Å². The summed E-state index contributed by atoms with van der Waals surface area (Å²) >= 11 is 0. The first-order valence-corrected chi connectivity index (χ1v) is 24.5. The van der Waals surface area contributed by atoms with Crippen LogP contribution >= 0.6 is 0 Å². The van der Waals surface area contributed by atoms with E-state index in [1.807, 2.05) is 0 Å². The van der Waals surface area contributed by atoms with E-state index >= 15 is 0 Å². The minimum atomic E-state index is 0.468. The summed E-state index contributed by atoms with van der Waals surface area (Å²) in [5.74, 6) is 0.936. The van der Waals surface area contributed by atoms with Gasteiger partial charge in [0.1, 0.15) is 0 Å². The molecule has 0 aliphatic heterocycles. The molecule has 0 aromatic heterocycles. The van der Waals surface area contributed by atoms with Gasteiger partial charge in [0.05, 0.1) is 0 Å². The van der Waals surface area contributed by atoms with Gasteiger partial charge < -0.3 is 11.5 Å². The molecule has 0 aliphatic rings. The number of nitrogen functional groups attached to an aromatic ring is 2. The molecule has 318 valence electrons. The van der Waals surface area contributed by atoms with Crippen LogP contribution in [0.3, 0.4) is 0 Å². The predicted molar refractivity (Wildman–Crippen MR) is 257 cm³/mol. The summed E-state index contributed by atoms with van der Waals surface area (Å²) in [7, 11) is 0. The molecule has 0 saturated carbocycles. The normalized spacial score (nSPS) is 12.5. The first-order chi connectivity index (χ1) is 28.6. The van der Waals surface area contributed by atoms with Gasteiger partial charge in [0, 0.05) is 23.2 Å². The number of aryl methyl sites for hydroxylation is 2. The maximum atomic E-state index is 6.02. The summed E-state index contributed by atoms with van der Waals surface area (Å²) in [5, 5.41) is 0. The van der Waals surface area contributed by atoms with Gasteiger partial charge in [-0.15, -0.1) is 0 Å². The van der Waals surface area contributed by atoms with Crippen LogP contribution < -0.4 is 11.5 Å². The highest BCUT2D eigenvalue weighted by molar-refractivity contribution is 5.44. The van der Waals surface area contributed by atoms with E-state index in [9.17, 15) is 0 Å². The quantitative estimate of drug-likeness (QED) is 0.0373. The number of benzene rings is 4. The van der Waals surface area contributed by atoms with E-state index in [1.165, 1.54) is 213 Å². The SMILES string of the molecule is CCCCCCCCC(c1ccc(N)cc1)c1ccc(CCCCCCCCCCCCCCc2ccc(C(CCCCCCCC)c3ccc(N)cc3)cc2)cc1. The van der Waals surface area contributed by atoms with Crippen molar-refractivity contribution in [3.8, 4) is 0 Å². The third-order valence-corrected chi connectivity index (χ3v) is 12.8. The first kappa shape index (κ1) is 47.2. The molecule has 4 aromatic rings. The number of unbranched alkanes of at least 4 members (excludes halogenated alkanes) is 21. The molecule has 0 heterocycles. The average molecular weight is 785 g/mol. The second-order valence-electron chi connectivity index (χ2n) is 17.8. The van der Waals surface area contributed by atoms with Crippen molar-refractivity contribution in [3.05, 3.63) is 130 Å². The van der Waals surface area contributed by atoms with Gasteiger partial charge in [-0.1, -0.05) is 228 Å². The van der Waals surface area contributed by atoms with Gasteiger partial charge in [-0.3, -0.25) is 0 Å². The van der Waals surface area contributed by atoms with Gasteiger partial charge in [-0.2, -0.15) is 0 Å². The summed E-state index contributed by atoms with van der Waals surface area (Å²) in [6.45, 7) is 4.59. The molecule has 4 aromatic carbocycles. The highest BCUT2D eigenvalue weighted by atomic mass is 14.5. The Morgan fingerprint density at radius 3 is 0.828 bits per heavy atom. The number of rotatable bonds is 33. The van der Waals surface area contributed by atoms with Crippen LogP contribution in [0.15, 0.2) is 97.1 Å². The maximum Gasteiger partial charge on any atom is 0.0314 e. The van der Waals surface area contributed by atoms with Crippen LogP contribution in [-0.4, -0.2) is 0 Å². The highest BCUT2D eigenvalue weighted by Gasteiger charge is 2.16. The van der Waals surface area contributed by atoms with Crippen molar-refractivity contribution in [2.75, 3.05) is 11.5 Å². The van der Waals surface area contributed by atoms with E-state index in [-0.39, 0.29) is 0 Å². The van der Waals surface area contributed by atoms with E-state index in [0.717, 1.165) is 11.4 Å². The Kier molecular flexibility index (Phi) is 24.1. The second-order valence-corrected chi connectivity index (χ2v) is 17.8. The highest BCUT2D eigenvalue weighted by Crippen LogP contribution is 2.33. The molecule has 0 amide bonds. The van der Waals surface area contributed by atoms with Crippen molar-refractivity contribution in [3.63, 3.8) is 0 Å². The van der Waals surface area contributed by atoms with E-state index < -0.39 is 0 Å². The zero-order valence-electron chi connectivity index (χ0n) is 37.3. The zero-order valence-corrected chi connectivity index (χ0v) is 37.3. The van der Waals surface area contributed by atoms with Gasteiger partial charge in [-0.25, -0.2) is 0 Å². The van der Waals surface area contributed by atoms with Crippen LogP contribution in [0.4, 0.5) is 11.4 Å². The van der Waals surface area contributed by atoms with Gasteiger partial charge in [0.2, 0.25) is 0 Å². The fraction of sp³-hybridized carbons (Fsp3) is 0.571. The van der Waals surface area contributed by atoms with E-state index in [4.69, 9.17) is 11.5 Å². The van der Waals surface area contributed by atoms with Crippen LogP contribution in [0.1, 0.15) is 226 Å². The van der Waals surface area contributed by atoms with Gasteiger partial charge in [-0.05, 0) is 96.2 Å². The lowest BCUT2D eigenvalue weighted by molar-refractivity contribution is 0.540. The molecule has 4 N–H and O–H groups in total. The molecule has 0 saturated heterocycles. The molecular formula is C56H84N2. The van der Waals surface area contributed by atoms with Gasteiger partial charge in [0.15, 0.2) is 0 Å². The lowest BCUT2D eigenvalue weighted by atomic mass is 9.86. The van der Waals surface area contributed by atoms with Crippen molar-refractivity contribution in [1.82, 2.24) is 0 Å². The fourth-order valence-corrected chi connectivity index (χ4v) is 9.03. The second kappa shape index (κ2) is 29.7. The Balaban J connectivity index is 1.02. The summed E-state index contributed by atoms with van der Waals surface area (Å²) in [6, 6.07) is 36.4. The number of nitrogens with two attached hydrogens (primary N) is 2. The monoisotopic (exact) mass is 785 g/mol. The Labute approximate surface area is 357 Å². The molecule has 2 heteroatoms. The number of anilines is 2. The summed E-state index contributed by atoms with van der Waals surface area (Å²) < 4.78 is 0. The van der Waals surface area contributed by atoms with Crippen molar-refractivity contribution in [1.29, 1.82) is 0 Å². The van der Waals surface area contributed by atoms with E-state index in [2.05, 4.69) is 111 Å². The lowest BCUT2D eigenvalue weighted by Crippen LogP contribution is -2.02. The zero-order chi connectivity index (χ0) is 40.9. The molecule has 2 unspecified atom stereocenters. The average Bonchev–Trinajstić information content (AvgIpc) is 3.25. The largest absolute Gasteiger partial charge is 0.399 e. The van der Waals surface area contributed by atoms with Gasteiger partial charge >= 0.3 is 0 Å². The summed E-state index contributed by atoms with van der Waals surface area (Å²) in [4.78, 5) is 0. The maximum absolute atomic E-state index is 6.02. The van der Waals surface area contributed by atoms with Crippen LogP contribution in [-0.2, 0) is 12.8 Å². The molecular weight excluding hydrogens is 701 g/mol. The molecule has 0 fully saturated rings. The Morgan fingerprint density at radius 2 is 0.534 bits per heavy atom. The van der Waals surface area contributed by atoms with Gasteiger partial charge in [0.25, 0.3) is 0 Å². The fourth-order valence-electron chi connectivity index (χ4n) is 9.03. The standard InChI is InChI=1S/C56H84N2/c1-3-5-7-9-21-25-29-55(51-39-43-53(57)44-40-51)49-35-31-47(32-36-49)27-23-19-17-15-13-11-12-14-16-18-20-24-28-48-33-37-50(38-34-48)56(30-26-22-10-8-6-4-2)52-41-45-54(58)46-42-52/h31-46,55-56H,3-30,57-58H2,1-2H3. The third-order valence-electron chi connectivity index (χ3n) is 12.8. The molecule has 0 aliphatic carbocycles. The van der Waals surface area contributed by atoms with E-state index in [0.29, 0.717) is 11.8 Å². The molecule has 0 bridgehead atoms.